The van der Waals surface area contributed by atoms with Crippen molar-refractivity contribution in [3.8, 4) is 5.75 Å². The number of amides is 3. The summed E-state index contributed by atoms with van der Waals surface area (Å²) in [5.41, 5.74) is 3.36. The summed E-state index contributed by atoms with van der Waals surface area (Å²) in [6.07, 6.45) is -1.07. The van der Waals surface area contributed by atoms with Crippen LogP contribution in [-0.4, -0.2) is 42.3 Å². The Hall–Kier alpha value is -3.35. The Morgan fingerprint density at radius 2 is 1.89 bits per heavy atom. The van der Waals surface area contributed by atoms with E-state index in [-0.39, 0.29) is 30.7 Å². The summed E-state index contributed by atoms with van der Waals surface area (Å²) in [6.45, 7) is 3.78. The van der Waals surface area contributed by atoms with Crippen molar-refractivity contribution in [3.63, 3.8) is 0 Å². The van der Waals surface area contributed by atoms with Gasteiger partial charge in [-0.1, -0.05) is 24.3 Å². The van der Waals surface area contributed by atoms with Gasteiger partial charge in [-0.15, -0.1) is 0 Å². The number of para-hydroxylation sites is 2. The second kappa shape index (κ2) is 8.12. The van der Waals surface area contributed by atoms with Crippen LogP contribution in [0.5, 0.6) is 5.75 Å². The van der Waals surface area contributed by atoms with E-state index in [0.29, 0.717) is 11.4 Å². The van der Waals surface area contributed by atoms with Gasteiger partial charge in [-0.3, -0.25) is 14.4 Å². The lowest BCUT2D eigenvalue weighted by Crippen LogP contribution is -2.43. The Morgan fingerprint density at radius 1 is 1.14 bits per heavy atom. The standard InChI is InChI=1S/C21H23N3O4/c1-13-7-6-9-15(14(13)2)22-19(25)12-24(3)20(26)11-18-21(27)23-16-8-4-5-10-17(16)28-18/h4-10,18H,11-12H2,1-3H3,(H,22,25)(H,23,27)/t18-/m1/s1. The van der Waals surface area contributed by atoms with Crippen molar-refractivity contribution in [2.75, 3.05) is 24.2 Å². The number of nitrogens with zero attached hydrogens (tertiary/aromatic N) is 1. The number of fused-ring (bicyclic) bond motifs is 1. The molecular formula is C21H23N3O4. The monoisotopic (exact) mass is 381 g/mol. The predicted molar refractivity (Wildman–Crippen MR) is 106 cm³/mol. The molecule has 0 saturated heterocycles. The van der Waals surface area contributed by atoms with Gasteiger partial charge in [0.15, 0.2) is 6.10 Å². The van der Waals surface area contributed by atoms with Crippen molar-refractivity contribution in [1.82, 2.24) is 4.90 Å². The molecule has 7 nitrogen and oxygen atoms in total. The highest BCUT2D eigenvalue weighted by molar-refractivity contribution is 6.00. The molecule has 146 valence electrons. The van der Waals surface area contributed by atoms with E-state index in [4.69, 9.17) is 4.74 Å². The molecule has 0 radical (unpaired) electrons. The average Bonchev–Trinajstić information content (AvgIpc) is 2.66. The highest BCUT2D eigenvalue weighted by atomic mass is 16.5. The molecule has 1 aliphatic heterocycles. The molecule has 0 saturated carbocycles. The molecule has 1 heterocycles. The summed E-state index contributed by atoms with van der Waals surface area (Å²) in [4.78, 5) is 38.2. The van der Waals surface area contributed by atoms with E-state index in [2.05, 4.69) is 10.6 Å². The summed E-state index contributed by atoms with van der Waals surface area (Å²) < 4.78 is 5.63. The van der Waals surface area contributed by atoms with Gasteiger partial charge < -0.3 is 20.3 Å². The fourth-order valence-electron chi connectivity index (χ4n) is 2.92. The number of nitrogens with one attached hydrogen (secondary N) is 2. The molecular weight excluding hydrogens is 358 g/mol. The maximum atomic E-state index is 12.5. The summed E-state index contributed by atoms with van der Waals surface area (Å²) in [6, 6.07) is 12.7. The van der Waals surface area contributed by atoms with E-state index in [1.807, 2.05) is 32.0 Å². The lowest BCUT2D eigenvalue weighted by atomic mass is 10.1. The van der Waals surface area contributed by atoms with Gasteiger partial charge in [0.25, 0.3) is 5.91 Å². The Kier molecular flexibility index (Phi) is 5.63. The van der Waals surface area contributed by atoms with E-state index < -0.39 is 6.10 Å². The van der Waals surface area contributed by atoms with Crippen LogP contribution in [0.15, 0.2) is 42.5 Å². The molecule has 0 aromatic heterocycles. The number of anilines is 2. The fraction of sp³-hybridized carbons (Fsp3) is 0.286. The highest BCUT2D eigenvalue weighted by Gasteiger charge is 2.30. The van der Waals surface area contributed by atoms with Crippen LogP contribution in [0.3, 0.4) is 0 Å². The van der Waals surface area contributed by atoms with Crippen molar-refractivity contribution in [3.05, 3.63) is 53.6 Å². The third kappa shape index (κ3) is 4.31. The molecule has 1 atom stereocenters. The Bertz CT molecular complexity index is 926. The van der Waals surface area contributed by atoms with Gasteiger partial charge in [0, 0.05) is 12.7 Å². The number of ether oxygens (including phenoxy) is 1. The smallest absolute Gasteiger partial charge is 0.266 e. The van der Waals surface area contributed by atoms with Crippen LogP contribution in [-0.2, 0) is 14.4 Å². The molecule has 28 heavy (non-hydrogen) atoms. The number of likely N-dealkylation sites (N-methyl/N-ethyl adjacent to an activating group) is 1. The van der Waals surface area contributed by atoms with Crippen molar-refractivity contribution < 1.29 is 19.1 Å². The number of carbonyl (C=O) groups is 3. The molecule has 0 unspecified atom stereocenters. The zero-order valence-corrected chi connectivity index (χ0v) is 16.1. The average molecular weight is 381 g/mol. The van der Waals surface area contributed by atoms with E-state index in [9.17, 15) is 14.4 Å². The van der Waals surface area contributed by atoms with Crippen LogP contribution < -0.4 is 15.4 Å². The second-order valence-electron chi connectivity index (χ2n) is 6.84. The summed E-state index contributed by atoms with van der Waals surface area (Å²) in [5.74, 6) is -0.505. The largest absolute Gasteiger partial charge is 0.478 e. The van der Waals surface area contributed by atoms with Gasteiger partial charge in [-0.2, -0.15) is 0 Å². The van der Waals surface area contributed by atoms with Gasteiger partial charge in [-0.05, 0) is 43.2 Å². The molecule has 0 bridgehead atoms. The number of carbonyl (C=O) groups excluding carboxylic acids is 3. The Balaban J connectivity index is 1.56. The first kappa shape index (κ1) is 19.4. The van der Waals surface area contributed by atoms with Crippen molar-refractivity contribution in [2.24, 2.45) is 0 Å². The van der Waals surface area contributed by atoms with Crippen LogP contribution in [0.25, 0.3) is 0 Å². The Morgan fingerprint density at radius 3 is 2.68 bits per heavy atom. The van der Waals surface area contributed by atoms with Gasteiger partial charge in [0.05, 0.1) is 18.7 Å². The third-order valence-corrected chi connectivity index (χ3v) is 4.75. The van der Waals surface area contributed by atoms with Crippen LogP contribution in [0, 0.1) is 13.8 Å². The van der Waals surface area contributed by atoms with E-state index in [1.165, 1.54) is 11.9 Å². The first-order chi connectivity index (χ1) is 13.3. The maximum Gasteiger partial charge on any atom is 0.266 e. The minimum Gasteiger partial charge on any atom is -0.478 e. The molecule has 0 spiro atoms. The topological polar surface area (TPSA) is 87.7 Å². The predicted octanol–water partition coefficient (Wildman–Crippen LogP) is 2.49. The zero-order valence-electron chi connectivity index (χ0n) is 16.1. The molecule has 7 heteroatoms. The maximum absolute atomic E-state index is 12.5. The molecule has 2 aromatic carbocycles. The van der Waals surface area contributed by atoms with Crippen LogP contribution in [0.2, 0.25) is 0 Å². The Labute approximate surface area is 163 Å². The minimum atomic E-state index is -0.924. The minimum absolute atomic E-state index is 0.114. The lowest BCUT2D eigenvalue weighted by Gasteiger charge is -2.26. The summed E-state index contributed by atoms with van der Waals surface area (Å²) >= 11 is 0. The van der Waals surface area contributed by atoms with Gasteiger partial charge in [-0.25, -0.2) is 0 Å². The summed E-state index contributed by atoms with van der Waals surface area (Å²) in [7, 11) is 1.53. The van der Waals surface area contributed by atoms with E-state index in [1.54, 1.807) is 24.3 Å². The number of hydrogen-bond donors (Lipinski definition) is 2. The molecule has 0 fully saturated rings. The van der Waals surface area contributed by atoms with Gasteiger partial charge >= 0.3 is 0 Å². The molecule has 2 N–H and O–H groups in total. The van der Waals surface area contributed by atoms with Crippen molar-refractivity contribution in [1.29, 1.82) is 0 Å². The first-order valence-corrected chi connectivity index (χ1v) is 9.01. The van der Waals surface area contributed by atoms with Gasteiger partial charge in [0.2, 0.25) is 11.8 Å². The highest BCUT2D eigenvalue weighted by Crippen LogP contribution is 2.29. The molecule has 3 amide bonds. The number of rotatable bonds is 5. The molecule has 0 aliphatic carbocycles. The molecule has 3 rings (SSSR count). The van der Waals surface area contributed by atoms with E-state index in [0.717, 1.165) is 16.8 Å². The SMILES string of the molecule is Cc1cccc(NC(=O)CN(C)C(=O)C[C@H]2Oc3ccccc3NC2=O)c1C. The van der Waals surface area contributed by atoms with E-state index >= 15 is 0 Å². The van der Waals surface area contributed by atoms with Crippen LogP contribution in [0.1, 0.15) is 17.5 Å². The zero-order chi connectivity index (χ0) is 20.3. The van der Waals surface area contributed by atoms with Crippen molar-refractivity contribution in [2.45, 2.75) is 26.4 Å². The van der Waals surface area contributed by atoms with Crippen LogP contribution >= 0.6 is 0 Å². The first-order valence-electron chi connectivity index (χ1n) is 9.01. The second-order valence-corrected chi connectivity index (χ2v) is 6.84. The fourth-order valence-corrected chi connectivity index (χ4v) is 2.92. The van der Waals surface area contributed by atoms with Gasteiger partial charge in [0.1, 0.15) is 5.75 Å². The molecule has 2 aromatic rings. The number of hydrogen-bond acceptors (Lipinski definition) is 4. The molecule has 1 aliphatic rings. The summed E-state index contributed by atoms with van der Waals surface area (Å²) in [5, 5.41) is 5.54. The third-order valence-electron chi connectivity index (χ3n) is 4.75. The normalized spacial score (nSPS) is 15.1. The van der Waals surface area contributed by atoms with Crippen molar-refractivity contribution >= 4 is 29.1 Å². The van der Waals surface area contributed by atoms with Crippen LogP contribution in [0.4, 0.5) is 11.4 Å². The number of benzene rings is 2. The lowest BCUT2D eigenvalue weighted by molar-refractivity contribution is -0.137. The quantitative estimate of drug-likeness (QED) is 0.833. The number of aryl methyl sites for hydroxylation is 1.